The number of hydrogen-bond donors (Lipinski definition) is 2. The van der Waals surface area contributed by atoms with Crippen LogP contribution in [0.1, 0.15) is 54.1 Å². The molecule has 3 aromatic rings. The number of carbonyl (C=O) groups excluding carboxylic acids is 2. The lowest BCUT2D eigenvalue weighted by Gasteiger charge is -2.22. The quantitative estimate of drug-likeness (QED) is 0.285. The van der Waals surface area contributed by atoms with Crippen LogP contribution in [0.3, 0.4) is 0 Å². The van der Waals surface area contributed by atoms with E-state index < -0.39 is 0 Å². The lowest BCUT2D eigenvalue weighted by Crippen LogP contribution is -2.33. The molecule has 0 radical (unpaired) electrons. The molecule has 0 aliphatic carbocycles. The molecule has 1 atom stereocenters. The first-order chi connectivity index (χ1) is 16.8. The number of thioether (sulfide) groups is 1. The molecule has 0 bridgehead atoms. The third-order valence-corrected chi connectivity index (χ3v) is 6.55. The molecule has 0 aliphatic heterocycles. The Balaban J connectivity index is 1.72. The molecule has 0 saturated carbocycles. The van der Waals surface area contributed by atoms with Crippen molar-refractivity contribution < 1.29 is 9.59 Å². The van der Waals surface area contributed by atoms with Crippen molar-refractivity contribution >= 4 is 29.3 Å². The first kappa shape index (κ1) is 26.2. The van der Waals surface area contributed by atoms with Crippen molar-refractivity contribution in [1.82, 2.24) is 20.1 Å². The number of amides is 2. The summed E-state index contributed by atoms with van der Waals surface area (Å²) in [4.78, 5) is 25.4. The van der Waals surface area contributed by atoms with E-state index in [1.807, 2.05) is 73.9 Å². The van der Waals surface area contributed by atoms with Crippen molar-refractivity contribution in [3.63, 3.8) is 0 Å². The van der Waals surface area contributed by atoms with Gasteiger partial charge < -0.3 is 15.2 Å². The minimum Gasteiger partial charge on any atom is -0.342 e. The zero-order chi connectivity index (χ0) is 25.4. The van der Waals surface area contributed by atoms with Gasteiger partial charge in [-0.2, -0.15) is 0 Å². The lowest BCUT2D eigenvalue weighted by molar-refractivity contribution is -0.113. The molecule has 35 heavy (non-hydrogen) atoms. The number of aryl methyl sites for hydroxylation is 2. The van der Waals surface area contributed by atoms with Crippen LogP contribution in [-0.2, 0) is 17.8 Å². The lowest BCUT2D eigenvalue weighted by atomic mass is 10.0. The molecule has 0 saturated heterocycles. The van der Waals surface area contributed by atoms with Crippen LogP contribution in [0.25, 0.3) is 0 Å². The molecule has 2 aromatic carbocycles. The third kappa shape index (κ3) is 7.05. The molecular formula is C27H33N5O2S. The van der Waals surface area contributed by atoms with Crippen LogP contribution in [0.15, 0.2) is 66.3 Å². The Morgan fingerprint density at radius 1 is 1.09 bits per heavy atom. The number of nitrogens with zero attached hydrogens (tertiary/aromatic N) is 3. The summed E-state index contributed by atoms with van der Waals surface area (Å²) < 4.78 is 1.90. The topological polar surface area (TPSA) is 88.9 Å². The maximum atomic E-state index is 12.9. The zero-order valence-electron chi connectivity index (χ0n) is 20.7. The van der Waals surface area contributed by atoms with E-state index in [0.29, 0.717) is 23.1 Å². The number of allylic oxidation sites excluding steroid dienone is 1. The number of carbonyl (C=O) groups is 2. The average Bonchev–Trinajstić information content (AvgIpc) is 3.24. The van der Waals surface area contributed by atoms with Gasteiger partial charge in [0, 0.05) is 17.8 Å². The van der Waals surface area contributed by atoms with Gasteiger partial charge in [0.15, 0.2) is 11.0 Å². The number of anilines is 1. The minimum atomic E-state index is -0.350. The highest BCUT2D eigenvalue weighted by atomic mass is 32.2. The Kier molecular flexibility index (Phi) is 9.25. The van der Waals surface area contributed by atoms with Crippen molar-refractivity contribution in [2.45, 2.75) is 51.9 Å². The second kappa shape index (κ2) is 12.4. The summed E-state index contributed by atoms with van der Waals surface area (Å²) in [6.07, 6.45) is 2.71. The van der Waals surface area contributed by atoms with Gasteiger partial charge in [-0.05, 0) is 49.1 Å². The van der Waals surface area contributed by atoms with Gasteiger partial charge in [0.1, 0.15) is 0 Å². The van der Waals surface area contributed by atoms with Crippen LogP contribution in [0.5, 0.6) is 0 Å². The standard InChI is InChI=1S/C27H33N5O2S/c1-6-16-32-25(24(18(3)4)29-26(34)21-12-8-19(5)9-13-21)30-31-27(32)35-17-23(33)28-22-14-10-20(7-2)11-15-22/h6,8-15,18,24H,1,7,16-17H2,2-5H3,(H,28,33)(H,29,34)/t24-/m0/s1. The van der Waals surface area contributed by atoms with E-state index >= 15 is 0 Å². The zero-order valence-corrected chi connectivity index (χ0v) is 21.6. The molecular weight excluding hydrogens is 458 g/mol. The normalized spacial score (nSPS) is 11.8. The van der Waals surface area contributed by atoms with Crippen molar-refractivity contribution in [3.8, 4) is 0 Å². The van der Waals surface area contributed by atoms with E-state index in [-0.39, 0.29) is 29.5 Å². The van der Waals surface area contributed by atoms with Crippen molar-refractivity contribution in [2.75, 3.05) is 11.1 Å². The Morgan fingerprint density at radius 2 is 1.77 bits per heavy atom. The molecule has 2 amide bonds. The Hall–Kier alpha value is -3.39. The van der Waals surface area contributed by atoms with Crippen LogP contribution < -0.4 is 10.6 Å². The summed E-state index contributed by atoms with van der Waals surface area (Å²) in [7, 11) is 0. The molecule has 1 heterocycles. The highest BCUT2D eigenvalue weighted by molar-refractivity contribution is 7.99. The average molecular weight is 492 g/mol. The monoisotopic (exact) mass is 491 g/mol. The van der Waals surface area contributed by atoms with Crippen LogP contribution in [-0.4, -0.2) is 32.3 Å². The Bertz CT molecular complexity index is 1150. The van der Waals surface area contributed by atoms with Gasteiger partial charge in [0.2, 0.25) is 5.91 Å². The van der Waals surface area contributed by atoms with Gasteiger partial charge >= 0.3 is 0 Å². The number of aromatic nitrogens is 3. The van der Waals surface area contributed by atoms with Crippen molar-refractivity contribution in [3.05, 3.63) is 83.7 Å². The Labute approximate surface area is 211 Å². The summed E-state index contributed by atoms with van der Waals surface area (Å²) in [6.45, 7) is 12.4. The second-order valence-corrected chi connectivity index (χ2v) is 9.63. The fraction of sp³-hybridized carbons (Fsp3) is 0.333. The largest absolute Gasteiger partial charge is 0.342 e. The molecule has 0 unspecified atom stereocenters. The first-order valence-electron chi connectivity index (χ1n) is 11.8. The molecule has 0 aliphatic rings. The van der Waals surface area contributed by atoms with Crippen LogP contribution >= 0.6 is 11.8 Å². The first-order valence-corrected chi connectivity index (χ1v) is 12.7. The smallest absolute Gasteiger partial charge is 0.251 e. The maximum Gasteiger partial charge on any atom is 0.251 e. The van der Waals surface area contributed by atoms with Gasteiger partial charge in [-0.3, -0.25) is 9.59 Å². The molecule has 1 aromatic heterocycles. The van der Waals surface area contributed by atoms with Crippen molar-refractivity contribution in [1.29, 1.82) is 0 Å². The van der Waals surface area contributed by atoms with Gasteiger partial charge in [-0.25, -0.2) is 0 Å². The van der Waals surface area contributed by atoms with Gasteiger partial charge in [-0.1, -0.05) is 68.4 Å². The number of nitrogens with one attached hydrogen (secondary N) is 2. The molecule has 0 fully saturated rings. The third-order valence-electron chi connectivity index (χ3n) is 5.58. The van der Waals surface area contributed by atoms with Crippen molar-refractivity contribution in [2.24, 2.45) is 5.92 Å². The molecule has 7 nitrogen and oxygen atoms in total. The van der Waals surface area contributed by atoms with E-state index in [9.17, 15) is 9.59 Å². The van der Waals surface area contributed by atoms with E-state index in [1.54, 1.807) is 6.08 Å². The SMILES string of the molecule is C=CCn1c(SCC(=O)Nc2ccc(CC)cc2)nnc1[C@@H](NC(=O)c1ccc(C)cc1)C(C)C. The maximum absolute atomic E-state index is 12.9. The Morgan fingerprint density at radius 3 is 2.37 bits per heavy atom. The van der Waals surface area contributed by atoms with E-state index in [0.717, 1.165) is 17.7 Å². The highest BCUT2D eigenvalue weighted by Crippen LogP contribution is 2.26. The minimum absolute atomic E-state index is 0.0735. The van der Waals surface area contributed by atoms with E-state index in [2.05, 4.69) is 34.3 Å². The van der Waals surface area contributed by atoms with Crippen LogP contribution in [0, 0.1) is 12.8 Å². The molecule has 8 heteroatoms. The van der Waals surface area contributed by atoms with E-state index in [4.69, 9.17) is 0 Å². The number of hydrogen-bond acceptors (Lipinski definition) is 5. The molecule has 3 rings (SSSR count). The highest BCUT2D eigenvalue weighted by Gasteiger charge is 2.26. The van der Waals surface area contributed by atoms with Gasteiger partial charge in [0.25, 0.3) is 5.91 Å². The molecule has 2 N–H and O–H groups in total. The summed E-state index contributed by atoms with van der Waals surface area (Å²) in [5.41, 5.74) is 3.67. The summed E-state index contributed by atoms with van der Waals surface area (Å²) in [5.74, 6) is 0.608. The van der Waals surface area contributed by atoms with Gasteiger partial charge in [0.05, 0.1) is 11.8 Å². The fourth-order valence-electron chi connectivity index (χ4n) is 3.55. The fourth-order valence-corrected chi connectivity index (χ4v) is 4.30. The predicted molar refractivity (Wildman–Crippen MR) is 142 cm³/mol. The van der Waals surface area contributed by atoms with Gasteiger partial charge in [-0.15, -0.1) is 16.8 Å². The summed E-state index contributed by atoms with van der Waals surface area (Å²) in [6, 6.07) is 14.9. The number of rotatable bonds is 11. The summed E-state index contributed by atoms with van der Waals surface area (Å²) in [5, 5.41) is 15.3. The summed E-state index contributed by atoms with van der Waals surface area (Å²) >= 11 is 1.31. The predicted octanol–water partition coefficient (Wildman–Crippen LogP) is 5.19. The second-order valence-electron chi connectivity index (χ2n) is 8.69. The molecule has 0 spiro atoms. The number of benzene rings is 2. The van der Waals surface area contributed by atoms with Crippen LogP contribution in [0.2, 0.25) is 0 Å². The van der Waals surface area contributed by atoms with Crippen LogP contribution in [0.4, 0.5) is 5.69 Å². The molecule has 184 valence electrons. The van der Waals surface area contributed by atoms with E-state index in [1.165, 1.54) is 17.3 Å².